The van der Waals surface area contributed by atoms with Crippen molar-refractivity contribution in [3.05, 3.63) is 35.9 Å². The summed E-state index contributed by atoms with van der Waals surface area (Å²) in [4.78, 5) is 23.0. The molecule has 2 amide bonds. The number of benzene rings is 1. The highest BCUT2D eigenvalue weighted by Crippen LogP contribution is 2.23. The van der Waals surface area contributed by atoms with E-state index >= 15 is 0 Å². The molecule has 1 aromatic carbocycles. The lowest BCUT2D eigenvalue weighted by Gasteiger charge is -2.11. The highest BCUT2D eigenvalue weighted by atomic mass is 16.2. The topological polar surface area (TPSA) is 58.2 Å². The largest absolute Gasteiger partial charge is 0.326 e. The fraction of sp³-hybridized carbons (Fsp3) is 0.375. The summed E-state index contributed by atoms with van der Waals surface area (Å²) in [5, 5.41) is 5.66. The van der Waals surface area contributed by atoms with E-state index in [0.29, 0.717) is 12.3 Å². The summed E-state index contributed by atoms with van der Waals surface area (Å²) >= 11 is 0. The maximum atomic E-state index is 11.9. The number of hydrogen-bond acceptors (Lipinski definition) is 2. The average Bonchev–Trinajstić information content (AvgIpc) is 2.85. The standard InChI is InChI=1S/C16H20N2O2/c1-11-9-14(7-8-15(11)17-12(2)19)18-16(20)10-13-5-3-4-6-13/h3,5,7-9,13H,4,6,10H2,1-2H3,(H,17,19)(H,18,20)/t13-/m0/s1. The maximum absolute atomic E-state index is 11.9. The second kappa shape index (κ2) is 6.37. The van der Waals surface area contributed by atoms with Gasteiger partial charge in [-0.15, -0.1) is 0 Å². The second-order valence-corrected chi connectivity index (χ2v) is 5.23. The number of hydrogen-bond donors (Lipinski definition) is 2. The Balaban J connectivity index is 1.95. The molecule has 4 heteroatoms. The van der Waals surface area contributed by atoms with Crippen LogP contribution in [0.3, 0.4) is 0 Å². The summed E-state index contributed by atoms with van der Waals surface area (Å²) in [6.45, 7) is 3.38. The lowest BCUT2D eigenvalue weighted by molar-refractivity contribution is -0.117. The van der Waals surface area contributed by atoms with Gasteiger partial charge in [0.2, 0.25) is 11.8 Å². The van der Waals surface area contributed by atoms with Gasteiger partial charge in [-0.25, -0.2) is 0 Å². The molecule has 0 saturated carbocycles. The van der Waals surface area contributed by atoms with Gasteiger partial charge in [0.25, 0.3) is 0 Å². The van der Waals surface area contributed by atoms with Crippen LogP contribution >= 0.6 is 0 Å². The number of nitrogens with one attached hydrogen (secondary N) is 2. The minimum absolute atomic E-state index is 0.0354. The van der Waals surface area contributed by atoms with Crippen LogP contribution in [0.5, 0.6) is 0 Å². The van der Waals surface area contributed by atoms with Crippen LogP contribution in [0, 0.1) is 12.8 Å². The lowest BCUT2D eigenvalue weighted by Crippen LogP contribution is -2.15. The summed E-state index contributed by atoms with van der Waals surface area (Å²) < 4.78 is 0. The van der Waals surface area contributed by atoms with Gasteiger partial charge in [-0.2, -0.15) is 0 Å². The number of anilines is 2. The van der Waals surface area contributed by atoms with Crippen molar-refractivity contribution in [2.24, 2.45) is 5.92 Å². The van der Waals surface area contributed by atoms with E-state index in [1.165, 1.54) is 6.92 Å². The van der Waals surface area contributed by atoms with Gasteiger partial charge in [-0.1, -0.05) is 12.2 Å². The van der Waals surface area contributed by atoms with Crippen molar-refractivity contribution in [2.75, 3.05) is 10.6 Å². The van der Waals surface area contributed by atoms with Gasteiger partial charge in [0.15, 0.2) is 0 Å². The van der Waals surface area contributed by atoms with E-state index in [1.807, 2.05) is 19.1 Å². The molecule has 2 N–H and O–H groups in total. The molecular weight excluding hydrogens is 252 g/mol. The zero-order chi connectivity index (χ0) is 14.5. The SMILES string of the molecule is CC(=O)Nc1ccc(NC(=O)C[C@H]2C=CCC2)cc1C. The Hall–Kier alpha value is -2.10. The first-order chi connectivity index (χ1) is 9.54. The number of carbonyl (C=O) groups is 2. The van der Waals surface area contributed by atoms with E-state index in [2.05, 4.69) is 22.8 Å². The number of rotatable bonds is 4. The summed E-state index contributed by atoms with van der Waals surface area (Å²) in [6, 6.07) is 5.48. The van der Waals surface area contributed by atoms with E-state index in [-0.39, 0.29) is 11.8 Å². The number of aryl methyl sites for hydroxylation is 1. The number of amides is 2. The van der Waals surface area contributed by atoms with Crippen molar-refractivity contribution in [1.82, 2.24) is 0 Å². The highest BCUT2D eigenvalue weighted by molar-refractivity contribution is 5.93. The van der Waals surface area contributed by atoms with Crippen molar-refractivity contribution in [3.63, 3.8) is 0 Å². The van der Waals surface area contributed by atoms with Crippen molar-refractivity contribution in [2.45, 2.75) is 33.1 Å². The molecule has 0 fully saturated rings. The van der Waals surface area contributed by atoms with Crippen LogP contribution in [0.4, 0.5) is 11.4 Å². The van der Waals surface area contributed by atoms with Gasteiger partial charge >= 0.3 is 0 Å². The van der Waals surface area contributed by atoms with Crippen LogP contribution < -0.4 is 10.6 Å². The zero-order valence-corrected chi connectivity index (χ0v) is 11.9. The Morgan fingerprint density at radius 1 is 1.30 bits per heavy atom. The molecule has 0 radical (unpaired) electrons. The first-order valence-corrected chi connectivity index (χ1v) is 6.89. The van der Waals surface area contributed by atoms with Crippen molar-refractivity contribution in [1.29, 1.82) is 0 Å². The monoisotopic (exact) mass is 272 g/mol. The Bertz CT molecular complexity index is 549. The average molecular weight is 272 g/mol. The minimum Gasteiger partial charge on any atom is -0.326 e. The van der Waals surface area contributed by atoms with E-state index < -0.39 is 0 Å². The van der Waals surface area contributed by atoms with E-state index in [4.69, 9.17) is 0 Å². The second-order valence-electron chi connectivity index (χ2n) is 5.23. The predicted molar refractivity (Wildman–Crippen MR) is 80.6 cm³/mol. The van der Waals surface area contributed by atoms with E-state index in [0.717, 1.165) is 29.8 Å². The Morgan fingerprint density at radius 3 is 2.70 bits per heavy atom. The first-order valence-electron chi connectivity index (χ1n) is 6.89. The van der Waals surface area contributed by atoms with Crippen molar-refractivity contribution < 1.29 is 9.59 Å². The fourth-order valence-corrected chi connectivity index (χ4v) is 2.39. The Labute approximate surface area is 119 Å². The number of allylic oxidation sites excluding steroid dienone is 2. The predicted octanol–water partition coefficient (Wildman–Crippen LogP) is 3.25. The molecule has 0 unspecified atom stereocenters. The van der Waals surface area contributed by atoms with Crippen LogP contribution in [0.25, 0.3) is 0 Å². The summed E-state index contributed by atoms with van der Waals surface area (Å²) in [5.41, 5.74) is 2.47. The van der Waals surface area contributed by atoms with Gasteiger partial charge in [0.05, 0.1) is 0 Å². The Morgan fingerprint density at radius 2 is 2.10 bits per heavy atom. The quantitative estimate of drug-likeness (QED) is 0.827. The molecule has 0 saturated heterocycles. The molecule has 0 aromatic heterocycles. The lowest BCUT2D eigenvalue weighted by atomic mass is 10.0. The fourth-order valence-electron chi connectivity index (χ4n) is 2.39. The molecule has 1 aromatic rings. The van der Waals surface area contributed by atoms with Crippen molar-refractivity contribution >= 4 is 23.2 Å². The summed E-state index contributed by atoms with van der Waals surface area (Å²) in [5.74, 6) is 0.306. The molecule has 20 heavy (non-hydrogen) atoms. The van der Waals surface area contributed by atoms with Crippen molar-refractivity contribution in [3.8, 4) is 0 Å². The molecule has 1 atom stereocenters. The summed E-state index contributed by atoms with van der Waals surface area (Å²) in [6.07, 6.45) is 6.91. The highest BCUT2D eigenvalue weighted by Gasteiger charge is 2.14. The molecule has 106 valence electrons. The van der Waals surface area contributed by atoms with Crippen LogP contribution in [-0.4, -0.2) is 11.8 Å². The van der Waals surface area contributed by atoms with Crippen LogP contribution in [0.1, 0.15) is 31.7 Å². The van der Waals surface area contributed by atoms with Crippen LogP contribution in [0.15, 0.2) is 30.4 Å². The molecule has 1 aliphatic rings. The third-order valence-corrected chi connectivity index (χ3v) is 3.38. The van der Waals surface area contributed by atoms with Gasteiger partial charge in [-0.05, 0) is 49.4 Å². The first kappa shape index (κ1) is 14.3. The summed E-state index contributed by atoms with van der Waals surface area (Å²) in [7, 11) is 0. The van der Waals surface area contributed by atoms with Crippen LogP contribution in [0.2, 0.25) is 0 Å². The third kappa shape index (κ3) is 3.95. The van der Waals surface area contributed by atoms with Crippen LogP contribution in [-0.2, 0) is 9.59 Å². The van der Waals surface area contributed by atoms with Gasteiger partial charge in [-0.3, -0.25) is 9.59 Å². The molecule has 0 heterocycles. The molecule has 2 rings (SSSR count). The van der Waals surface area contributed by atoms with E-state index in [9.17, 15) is 9.59 Å². The zero-order valence-electron chi connectivity index (χ0n) is 11.9. The maximum Gasteiger partial charge on any atom is 0.224 e. The van der Waals surface area contributed by atoms with Gasteiger partial charge in [0, 0.05) is 24.7 Å². The molecule has 0 aliphatic heterocycles. The number of carbonyl (C=O) groups excluding carboxylic acids is 2. The van der Waals surface area contributed by atoms with E-state index in [1.54, 1.807) is 6.07 Å². The van der Waals surface area contributed by atoms with Gasteiger partial charge in [0.1, 0.15) is 0 Å². The molecular formula is C16H20N2O2. The molecule has 1 aliphatic carbocycles. The smallest absolute Gasteiger partial charge is 0.224 e. The Kier molecular flexibility index (Phi) is 4.56. The third-order valence-electron chi connectivity index (χ3n) is 3.38. The van der Waals surface area contributed by atoms with Gasteiger partial charge < -0.3 is 10.6 Å². The molecule has 4 nitrogen and oxygen atoms in total. The normalized spacial score (nSPS) is 17.0. The molecule has 0 spiro atoms. The minimum atomic E-state index is -0.0992. The molecule has 0 bridgehead atoms.